The van der Waals surface area contributed by atoms with Crippen molar-refractivity contribution in [3.05, 3.63) is 150 Å². The van der Waals surface area contributed by atoms with Crippen molar-refractivity contribution in [1.29, 1.82) is 0 Å². The molecule has 0 bridgehead atoms. The molecule has 0 amide bonds. The topological polar surface area (TPSA) is 61.4 Å². The van der Waals surface area contributed by atoms with Crippen LogP contribution in [0.15, 0.2) is 158 Å². The fourth-order valence-corrected chi connectivity index (χ4v) is 7.74. The van der Waals surface area contributed by atoms with Gasteiger partial charge in [-0.25, -0.2) is 4.79 Å². The van der Waals surface area contributed by atoms with Crippen LogP contribution in [0.2, 0.25) is 0 Å². The lowest BCUT2D eigenvalue weighted by Crippen LogP contribution is -2.01. The van der Waals surface area contributed by atoms with Gasteiger partial charge >= 0.3 is 5.63 Å². The van der Waals surface area contributed by atoms with E-state index < -0.39 is 0 Å². The maximum Gasteiger partial charge on any atom is 0.344 e. The molecule has 4 aromatic heterocycles. The number of para-hydroxylation sites is 4. The SMILES string of the molecule is O=c1oc2c(ccc3c4cc(-c5cccc6c5oc5ccccc56)ccc4n(-c4cccc5c4oc4ccccc45)c32)c2ccccc12. The minimum atomic E-state index is -0.360. The number of fused-ring (bicyclic) bond motifs is 13. The Hall–Kier alpha value is -6.59. The monoisotopic (exact) mass is 617 g/mol. The molecule has 0 aliphatic rings. The molecule has 0 aliphatic carbocycles. The molecular weight excluding hydrogens is 594 g/mol. The van der Waals surface area contributed by atoms with Gasteiger partial charge in [0.15, 0.2) is 11.2 Å². The van der Waals surface area contributed by atoms with Crippen molar-refractivity contribution in [2.24, 2.45) is 0 Å². The van der Waals surface area contributed by atoms with E-state index in [1.807, 2.05) is 60.7 Å². The van der Waals surface area contributed by atoms with E-state index in [9.17, 15) is 4.79 Å². The Bertz CT molecular complexity index is 3210. The summed E-state index contributed by atoms with van der Waals surface area (Å²) in [5.74, 6) is 0. The van der Waals surface area contributed by atoms with Crippen LogP contribution >= 0.6 is 0 Å². The van der Waals surface area contributed by atoms with Gasteiger partial charge in [0.2, 0.25) is 0 Å². The van der Waals surface area contributed by atoms with Crippen molar-refractivity contribution in [2.75, 3.05) is 0 Å². The van der Waals surface area contributed by atoms with Gasteiger partial charge < -0.3 is 17.8 Å². The standard InChI is InChI=1S/C43H23NO4/c45-43-33-12-2-1-9-26(33)32-21-20-29-34-23-24(25-13-7-14-30-27-10-3-5-17-37(27)46-40(25)30)19-22-35(34)44(39(29)42(32)48-43)36-16-8-15-31-28-11-4-6-18-38(28)47-41(31)36/h1-23H. The molecule has 5 heteroatoms. The van der Waals surface area contributed by atoms with E-state index in [0.717, 1.165) is 93.3 Å². The molecule has 11 rings (SSSR count). The average molecular weight is 618 g/mol. The lowest BCUT2D eigenvalue weighted by molar-refractivity contribution is 0.571. The van der Waals surface area contributed by atoms with E-state index in [2.05, 4.69) is 83.4 Å². The molecule has 5 nitrogen and oxygen atoms in total. The fourth-order valence-electron chi connectivity index (χ4n) is 7.74. The third-order valence-corrected chi connectivity index (χ3v) is 9.85. The molecular formula is C43H23NO4. The molecule has 11 aromatic rings. The first-order chi connectivity index (χ1) is 23.7. The van der Waals surface area contributed by atoms with Gasteiger partial charge in [-0.05, 0) is 53.4 Å². The molecule has 4 heterocycles. The maximum atomic E-state index is 13.5. The summed E-state index contributed by atoms with van der Waals surface area (Å²) in [5.41, 5.74) is 8.22. The van der Waals surface area contributed by atoms with E-state index >= 15 is 0 Å². The molecule has 0 radical (unpaired) electrons. The number of furan rings is 2. The van der Waals surface area contributed by atoms with Gasteiger partial charge in [0, 0.05) is 43.3 Å². The predicted octanol–water partition coefficient (Wildman–Crippen LogP) is 11.5. The first-order valence-electron chi connectivity index (χ1n) is 16.0. The van der Waals surface area contributed by atoms with E-state index in [1.165, 1.54) is 0 Å². The number of benzene rings is 7. The van der Waals surface area contributed by atoms with Crippen LogP contribution < -0.4 is 5.63 Å². The van der Waals surface area contributed by atoms with Crippen LogP contribution in [0.5, 0.6) is 0 Å². The maximum absolute atomic E-state index is 13.5. The highest BCUT2D eigenvalue weighted by molar-refractivity contribution is 6.22. The van der Waals surface area contributed by atoms with E-state index in [1.54, 1.807) is 0 Å². The minimum Gasteiger partial charge on any atom is -0.455 e. The smallest absolute Gasteiger partial charge is 0.344 e. The largest absolute Gasteiger partial charge is 0.455 e. The third-order valence-electron chi connectivity index (χ3n) is 9.85. The van der Waals surface area contributed by atoms with Crippen molar-refractivity contribution < 1.29 is 13.3 Å². The van der Waals surface area contributed by atoms with Crippen LogP contribution in [-0.2, 0) is 0 Å². The van der Waals surface area contributed by atoms with Crippen LogP contribution in [0.25, 0.3) is 104 Å². The van der Waals surface area contributed by atoms with Crippen molar-refractivity contribution in [1.82, 2.24) is 4.57 Å². The Morgan fingerprint density at radius 2 is 1.02 bits per heavy atom. The highest BCUT2D eigenvalue weighted by Gasteiger charge is 2.22. The summed E-state index contributed by atoms with van der Waals surface area (Å²) in [6.07, 6.45) is 0. The first-order valence-corrected chi connectivity index (χ1v) is 16.0. The van der Waals surface area contributed by atoms with Crippen molar-refractivity contribution in [2.45, 2.75) is 0 Å². The highest BCUT2D eigenvalue weighted by atomic mass is 16.4. The molecule has 0 aliphatic heterocycles. The van der Waals surface area contributed by atoms with Gasteiger partial charge in [0.1, 0.15) is 16.7 Å². The Balaban J connectivity index is 1.29. The van der Waals surface area contributed by atoms with Gasteiger partial charge in [-0.3, -0.25) is 0 Å². The Morgan fingerprint density at radius 3 is 1.81 bits per heavy atom. The fraction of sp³-hybridized carbons (Fsp3) is 0. The lowest BCUT2D eigenvalue weighted by atomic mass is 10.00. The van der Waals surface area contributed by atoms with E-state index in [-0.39, 0.29) is 5.63 Å². The summed E-state index contributed by atoms with van der Waals surface area (Å²) in [5, 5.41) is 8.57. The van der Waals surface area contributed by atoms with E-state index in [4.69, 9.17) is 13.3 Å². The van der Waals surface area contributed by atoms with Crippen LogP contribution in [-0.4, -0.2) is 4.57 Å². The second-order valence-corrected chi connectivity index (χ2v) is 12.4. The lowest BCUT2D eigenvalue weighted by Gasteiger charge is -2.11. The summed E-state index contributed by atoms with van der Waals surface area (Å²) < 4.78 is 21.4. The molecule has 48 heavy (non-hydrogen) atoms. The molecule has 0 unspecified atom stereocenters. The zero-order valence-corrected chi connectivity index (χ0v) is 25.4. The molecule has 0 N–H and O–H groups in total. The van der Waals surface area contributed by atoms with Crippen LogP contribution in [0, 0.1) is 0 Å². The van der Waals surface area contributed by atoms with Crippen molar-refractivity contribution in [3.63, 3.8) is 0 Å². The Kier molecular flexibility index (Phi) is 4.93. The van der Waals surface area contributed by atoms with Crippen molar-refractivity contribution in [3.8, 4) is 16.8 Å². The molecule has 0 saturated heterocycles. The second kappa shape index (κ2) is 9.24. The second-order valence-electron chi connectivity index (χ2n) is 12.4. The number of hydrogen-bond donors (Lipinski definition) is 0. The quantitative estimate of drug-likeness (QED) is 0.143. The van der Waals surface area contributed by atoms with Gasteiger partial charge in [0.05, 0.1) is 22.1 Å². The third kappa shape index (κ3) is 3.32. The summed E-state index contributed by atoms with van der Waals surface area (Å²) >= 11 is 0. The first kappa shape index (κ1) is 25.6. The number of nitrogens with zero attached hydrogens (tertiary/aromatic N) is 1. The average Bonchev–Trinajstić information content (AvgIpc) is 3.81. The number of aromatic nitrogens is 1. The normalized spacial score (nSPS) is 12.2. The van der Waals surface area contributed by atoms with Gasteiger partial charge in [-0.1, -0.05) is 97.1 Å². The zero-order chi connectivity index (χ0) is 31.5. The van der Waals surface area contributed by atoms with Gasteiger partial charge in [0.25, 0.3) is 0 Å². The van der Waals surface area contributed by atoms with Crippen LogP contribution in [0.1, 0.15) is 0 Å². The summed E-state index contributed by atoms with van der Waals surface area (Å²) in [4.78, 5) is 13.5. The molecule has 0 atom stereocenters. The van der Waals surface area contributed by atoms with Crippen LogP contribution in [0.3, 0.4) is 0 Å². The van der Waals surface area contributed by atoms with Gasteiger partial charge in [-0.15, -0.1) is 0 Å². The highest BCUT2D eigenvalue weighted by Crippen LogP contribution is 2.43. The molecule has 0 fully saturated rings. The zero-order valence-electron chi connectivity index (χ0n) is 25.4. The summed E-state index contributed by atoms with van der Waals surface area (Å²) in [6.45, 7) is 0. The van der Waals surface area contributed by atoms with Gasteiger partial charge in [-0.2, -0.15) is 0 Å². The Labute approximate surface area is 271 Å². The van der Waals surface area contributed by atoms with Crippen LogP contribution in [0.4, 0.5) is 0 Å². The molecule has 7 aromatic carbocycles. The van der Waals surface area contributed by atoms with E-state index in [0.29, 0.717) is 11.0 Å². The predicted molar refractivity (Wildman–Crippen MR) is 194 cm³/mol. The minimum absolute atomic E-state index is 0.360. The molecule has 224 valence electrons. The molecule has 0 spiro atoms. The summed E-state index contributed by atoms with van der Waals surface area (Å²) in [7, 11) is 0. The van der Waals surface area contributed by atoms with Crippen molar-refractivity contribution >= 4 is 87.4 Å². The summed E-state index contributed by atoms with van der Waals surface area (Å²) in [6, 6.07) is 47.2. The molecule has 0 saturated carbocycles. The number of rotatable bonds is 2. The number of hydrogen-bond acceptors (Lipinski definition) is 4. The Morgan fingerprint density at radius 1 is 0.417 bits per heavy atom.